The predicted molar refractivity (Wildman–Crippen MR) is 224 cm³/mol. The lowest BCUT2D eigenvalue weighted by Gasteiger charge is -2.18. The second-order valence-electron chi connectivity index (χ2n) is 15.0. The lowest BCUT2D eigenvalue weighted by molar-refractivity contribution is -0.163. The molecule has 0 rings (SSSR count). The predicted octanol–water partition coefficient (Wildman–Crippen LogP) is 14.7. The van der Waals surface area contributed by atoms with E-state index in [2.05, 4.69) is 57.2 Å². The minimum atomic E-state index is -0.537. The molecule has 0 N–H and O–H groups in total. The monoisotopic (exact) mass is 731 g/mol. The van der Waals surface area contributed by atoms with Crippen LogP contribution in [0.5, 0.6) is 0 Å². The molecule has 0 aliphatic heterocycles. The average molecular weight is 731 g/mol. The number of unbranched alkanes of at least 4 members (excludes halogenated alkanes) is 24. The van der Waals surface area contributed by atoms with Crippen molar-refractivity contribution < 1.29 is 23.8 Å². The first kappa shape index (κ1) is 50.1. The van der Waals surface area contributed by atoms with Crippen molar-refractivity contribution >= 4 is 11.9 Å². The van der Waals surface area contributed by atoms with Crippen LogP contribution in [0.15, 0.2) is 36.5 Å². The fourth-order valence-electron chi connectivity index (χ4n) is 6.23. The summed E-state index contributed by atoms with van der Waals surface area (Å²) in [6.45, 7) is 7.73. The number of carbonyl (C=O) groups excluding carboxylic acids is 2. The van der Waals surface area contributed by atoms with E-state index in [1.54, 1.807) is 0 Å². The Balaban J connectivity index is 4.22. The van der Waals surface area contributed by atoms with Crippen LogP contribution in [0.2, 0.25) is 0 Å². The Morgan fingerprint density at radius 3 is 1.38 bits per heavy atom. The molecular formula is C47H86O5. The van der Waals surface area contributed by atoms with Gasteiger partial charge in [-0.1, -0.05) is 179 Å². The van der Waals surface area contributed by atoms with Crippen molar-refractivity contribution in [3.63, 3.8) is 0 Å². The molecule has 0 fully saturated rings. The summed E-state index contributed by atoms with van der Waals surface area (Å²) < 4.78 is 17.3. The van der Waals surface area contributed by atoms with Gasteiger partial charge in [0.05, 0.1) is 6.61 Å². The number of allylic oxidation sites excluding steroid dienone is 6. The molecule has 52 heavy (non-hydrogen) atoms. The van der Waals surface area contributed by atoms with Gasteiger partial charge in [0, 0.05) is 19.4 Å². The molecule has 1 unspecified atom stereocenters. The van der Waals surface area contributed by atoms with Gasteiger partial charge < -0.3 is 14.2 Å². The van der Waals surface area contributed by atoms with E-state index < -0.39 is 6.10 Å². The summed E-state index contributed by atoms with van der Waals surface area (Å²) in [5.41, 5.74) is 0. The Labute approximate surface area is 323 Å². The second kappa shape index (κ2) is 43.5. The highest BCUT2D eigenvalue weighted by Gasteiger charge is 2.17. The SMILES string of the molecule is CCCC/C=C\CCCCCCCC(=O)OCC(COCCCCCCCC/C=C\C/C=C\CCCCC)OC(=O)CCCCCCCCCCC. The maximum atomic E-state index is 12.7. The van der Waals surface area contributed by atoms with Crippen molar-refractivity contribution in [1.82, 2.24) is 0 Å². The van der Waals surface area contributed by atoms with Gasteiger partial charge in [-0.3, -0.25) is 9.59 Å². The van der Waals surface area contributed by atoms with Crippen molar-refractivity contribution in [1.29, 1.82) is 0 Å². The average Bonchev–Trinajstić information content (AvgIpc) is 3.14. The van der Waals surface area contributed by atoms with Gasteiger partial charge in [0.25, 0.3) is 0 Å². The van der Waals surface area contributed by atoms with Crippen LogP contribution < -0.4 is 0 Å². The van der Waals surface area contributed by atoms with Gasteiger partial charge in [0.1, 0.15) is 6.61 Å². The summed E-state index contributed by atoms with van der Waals surface area (Å²) in [6, 6.07) is 0. The molecule has 0 spiro atoms. The molecule has 0 saturated heterocycles. The van der Waals surface area contributed by atoms with E-state index in [4.69, 9.17) is 14.2 Å². The fourth-order valence-corrected chi connectivity index (χ4v) is 6.23. The van der Waals surface area contributed by atoms with Crippen LogP contribution in [0.25, 0.3) is 0 Å². The number of ether oxygens (including phenoxy) is 3. The minimum absolute atomic E-state index is 0.0798. The molecule has 0 aliphatic carbocycles. The van der Waals surface area contributed by atoms with Crippen LogP contribution in [-0.4, -0.2) is 37.9 Å². The van der Waals surface area contributed by atoms with Gasteiger partial charge in [-0.05, 0) is 70.6 Å². The number of esters is 2. The third kappa shape index (κ3) is 40.9. The van der Waals surface area contributed by atoms with Crippen molar-refractivity contribution in [2.45, 2.75) is 232 Å². The molecule has 1 atom stereocenters. The standard InChI is InChI=1S/C47H86O5/c1-4-7-10-13-16-19-21-22-23-24-25-27-30-33-36-39-42-50-43-45(52-47(49)41-38-35-32-28-18-15-12-9-6-3)44-51-46(48)40-37-34-31-29-26-20-17-14-11-8-5-2/h14,16-17,19,22-23,45H,4-13,15,18,20-21,24-44H2,1-3H3/b17-14-,19-16-,23-22-. The van der Waals surface area contributed by atoms with Crippen molar-refractivity contribution in [3.05, 3.63) is 36.5 Å². The summed E-state index contributed by atoms with van der Waals surface area (Å²) in [5.74, 6) is -0.412. The molecule has 5 heteroatoms. The Hall–Kier alpha value is -1.88. The Bertz CT molecular complexity index is 832. The third-order valence-electron chi connectivity index (χ3n) is 9.65. The summed E-state index contributed by atoms with van der Waals surface area (Å²) in [4.78, 5) is 25.1. The largest absolute Gasteiger partial charge is 0.462 e. The molecule has 5 nitrogen and oxygen atoms in total. The fraction of sp³-hybridized carbons (Fsp3) is 0.830. The Morgan fingerprint density at radius 2 is 0.827 bits per heavy atom. The summed E-state index contributed by atoms with van der Waals surface area (Å²) in [6.07, 6.45) is 50.0. The van der Waals surface area contributed by atoms with Crippen molar-refractivity contribution in [2.75, 3.05) is 19.8 Å². The molecule has 0 heterocycles. The number of carbonyl (C=O) groups is 2. The van der Waals surface area contributed by atoms with Crippen LogP contribution >= 0.6 is 0 Å². The normalized spacial score (nSPS) is 12.4. The van der Waals surface area contributed by atoms with E-state index >= 15 is 0 Å². The van der Waals surface area contributed by atoms with Crippen molar-refractivity contribution in [3.8, 4) is 0 Å². The molecule has 0 saturated carbocycles. The third-order valence-corrected chi connectivity index (χ3v) is 9.65. The molecule has 0 aromatic rings. The van der Waals surface area contributed by atoms with E-state index in [0.29, 0.717) is 19.4 Å². The van der Waals surface area contributed by atoms with E-state index in [0.717, 1.165) is 57.8 Å². The zero-order valence-corrected chi connectivity index (χ0v) is 34.8. The van der Waals surface area contributed by atoms with Crippen LogP contribution in [0.3, 0.4) is 0 Å². The summed E-state index contributed by atoms with van der Waals surface area (Å²) >= 11 is 0. The van der Waals surface area contributed by atoms with Gasteiger partial charge in [-0.2, -0.15) is 0 Å². The van der Waals surface area contributed by atoms with E-state index in [-0.39, 0.29) is 25.2 Å². The smallest absolute Gasteiger partial charge is 0.306 e. The van der Waals surface area contributed by atoms with Crippen LogP contribution in [-0.2, 0) is 23.8 Å². The van der Waals surface area contributed by atoms with Gasteiger partial charge in [-0.25, -0.2) is 0 Å². The highest BCUT2D eigenvalue weighted by molar-refractivity contribution is 5.70. The van der Waals surface area contributed by atoms with Gasteiger partial charge in [-0.15, -0.1) is 0 Å². The Kier molecular flexibility index (Phi) is 42.0. The quantitative estimate of drug-likeness (QED) is 0.0356. The molecule has 0 radical (unpaired) electrons. The van der Waals surface area contributed by atoms with Gasteiger partial charge in [0.2, 0.25) is 0 Å². The van der Waals surface area contributed by atoms with Crippen LogP contribution in [0, 0.1) is 0 Å². The van der Waals surface area contributed by atoms with E-state index in [1.165, 1.54) is 135 Å². The topological polar surface area (TPSA) is 61.8 Å². The Morgan fingerprint density at radius 1 is 0.423 bits per heavy atom. The molecule has 0 aromatic carbocycles. The molecule has 0 bridgehead atoms. The van der Waals surface area contributed by atoms with E-state index in [1.807, 2.05) is 0 Å². The van der Waals surface area contributed by atoms with Crippen LogP contribution in [0.1, 0.15) is 226 Å². The minimum Gasteiger partial charge on any atom is -0.462 e. The molecule has 0 aliphatic rings. The summed E-state index contributed by atoms with van der Waals surface area (Å²) in [5, 5.41) is 0. The number of hydrogen-bond donors (Lipinski definition) is 0. The number of rotatable bonds is 41. The maximum Gasteiger partial charge on any atom is 0.306 e. The second-order valence-corrected chi connectivity index (χ2v) is 15.0. The molecule has 0 amide bonds. The first-order chi connectivity index (χ1) is 25.6. The molecule has 304 valence electrons. The van der Waals surface area contributed by atoms with Gasteiger partial charge in [0.15, 0.2) is 6.10 Å². The number of hydrogen-bond acceptors (Lipinski definition) is 5. The zero-order chi connectivity index (χ0) is 37.8. The lowest BCUT2D eigenvalue weighted by atomic mass is 10.1. The van der Waals surface area contributed by atoms with Gasteiger partial charge >= 0.3 is 11.9 Å². The molecule has 0 aromatic heterocycles. The maximum absolute atomic E-state index is 12.7. The van der Waals surface area contributed by atoms with Crippen molar-refractivity contribution in [2.24, 2.45) is 0 Å². The summed E-state index contributed by atoms with van der Waals surface area (Å²) in [7, 11) is 0. The van der Waals surface area contributed by atoms with E-state index in [9.17, 15) is 9.59 Å². The van der Waals surface area contributed by atoms with Crippen LogP contribution in [0.4, 0.5) is 0 Å². The highest BCUT2D eigenvalue weighted by atomic mass is 16.6. The first-order valence-electron chi connectivity index (χ1n) is 22.5. The first-order valence-corrected chi connectivity index (χ1v) is 22.5. The zero-order valence-electron chi connectivity index (χ0n) is 34.8. The molecular weight excluding hydrogens is 645 g/mol. The lowest BCUT2D eigenvalue weighted by Crippen LogP contribution is -2.30. The highest BCUT2D eigenvalue weighted by Crippen LogP contribution is 2.13.